The average molecular weight is 238 g/mol. The van der Waals surface area contributed by atoms with Gasteiger partial charge in [-0.3, -0.25) is 9.59 Å². The standard InChI is InChI=1S/C12H15FN2O2/c1-3-14-12(17)7-15(2)11-6-4-5-10(13)9(11)8-16/h4-6,8H,3,7H2,1-2H3,(H,14,17). The Balaban J connectivity index is 2.88. The fourth-order valence-electron chi connectivity index (χ4n) is 1.53. The molecule has 0 spiro atoms. The molecule has 1 rings (SSSR count). The highest BCUT2D eigenvalue weighted by Crippen LogP contribution is 2.20. The Morgan fingerprint density at radius 1 is 1.53 bits per heavy atom. The molecule has 0 bridgehead atoms. The largest absolute Gasteiger partial charge is 0.365 e. The van der Waals surface area contributed by atoms with E-state index in [2.05, 4.69) is 5.32 Å². The van der Waals surface area contributed by atoms with Gasteiger partial charge in [-0.1, -0.05) is 6.07 Å². The third kappa shape index (κ3) is 3.27. The van der Waals surface area contributed by atoms with E-state index in [1.807, 2.05) is 6.92 Å². The van der Waals surface area contributed by atoms with Crippen LogP contribution in [-0.2, 0) is 4.79 Å². The molecule has 92 valence electrons. The SMILES string of the molecule is CCNC(=O)CN(C)c1cccc(F)c1C=O. The molecule has 0 aliphatic rings. The van der Waals surface area contributed by atoms with Crippen molar-refractivity contribution in [2.45, 2.75) is 6.92 Å². The molecule has 5 heteroatoms. The number of halogens is 1. The van der Waals surface area contributed by atoms with Gasteiger partial charge in [-0.15, -0.1) is 0 Å². The van der Waals surface area contributed by atoms with E-state index in [1.54, 1.807) is 13.1 Å². The van der Waals surface area contributed by atoms with Crippen molar-refractivity contribution in [3.05, 3.63) is 29.6 Å². The number of carbonyl (C=O) groups excluding carboxylic acids is 2. The second-order valence-electron chi connectivity index (χ2n) is 3.60. The van der Waals surface area contributed by atoms with Crippen LogP contribution in [0.1, 0.15) is 17.3 Å². The van der Waals surface area contributed by atoms with E-state index in [4.69, 9.17) is 0 Å². The Kier molecular flexibility index (Phi) is 4.63. The van der Waals surface area contributed by atoms with Gasteiger partial charge in [-0.25, -0.2) is 4.39 Å². The van der Waals surface area contributed by atoms with Gasteiger partial charge >= 0.3 is 0 Å². The predicted octanol–water partition coefficient (Wildman–Crippen LogP) is 1.21. The Labute approximate surface area is 99.4 Å². The number of hydrogen-bond donors (Lipinski definition) is 1. The van der Waals surface area contributed by atoms with Crippen molar-refractivity contribution in [2.24, 2.45) is 0 Å². The van der Waals surface area contributed by atoms with Crippen LogP contribution in [0.25, 0.3) is 0 Å². The Bertz CT molecular complexity index is 421. The molecular formula is C12H15FN2O2. The summed E-state index contributed by atoms with van der Waals surface area (Å²) in [6.45, 7) is 2.44. The van der Waals surface area contributed by atoms with Crippen LogP contribution in [-0.4, -0.2) is 32.3 Å². The number of nitrogens with zero attached hydrogens (tertiary/aromatic N) is 1. The molecule has 1 aromatic carbocycles. The molecule has 1 aromatic rings. The fraction of sp³-hybridized carbons (Fsp3) is 0.333. The first-order chi connectivity index (χ1) is 8.10. The zero-order valence-corrected chi connectivity index (χ0v) is 9.87. The predicted molar refractivity (Wildman–Crippen MR) is 63.7 cm³/mol. The number of nitrogens with one attached hydrogen (secondary N) is 1. The van der Waals surface area contributed by atoms with Gasteiger partial charge in [0.05, 0.1) is 17.8 Å². The Hall–Kier alpha value is -1.91. The second kappa shape index (κ2) is 5.98. The summed E-state index contributed by atoms with van der Waals surface area (Å²) in [4.78, 5) is 23.7. The van der Waals surface area contributed by atoms with E-state index >= 15 is 0 Å². The van der Waals surface area contributed by atoms with Crippen LogP contribution >= 0.6 is 0 Å². The van der Waals surface area contributed by atoms with Crippen LogP contribution in [0, 0.1) is 5.82 Å². The second-order valence-corrected chi connectivity index (χ2v) is 3.60. The summed E-state index contributed by atoms with van der Waals surface area (Å²) in [6, 6.07) is 4.32. The number of amides is 1. The number of carbonyl (C=O) groups is 2. The molecule has 0 saturated heterocycles. The summed E-state index contributed by atoms with van der Waals surface area (Å²) in [6.07, 6.45) is 0.457. The number of likely N-dealkylation sites (N-methyl/N-ethyl adjacent to an activating group) is 2. The lowest BCUT2D eigenvalue weighted by Crippen LogP contribution is -2.35. The number of benzene rings is 1. The molecule has 0 radical (unpaired) electrons. The topological polar surface area (TPSA) is 49.4 Å². The minimum Gasteiger partial charge on any atom is -0.365 e. The number of aldehydes is 1. The lowest BCUT2D eigenvalue weighted by atomic mass is 10.1. The van der Waals surface area contributed by atoms with Crippen LogP contribution in [0.4, 0.5) is 10.1 Å². The fourth-order valence-corrected chi connectivity index (χ4v) is 1.53. The summed E-state index contributed by atoms with van der Waals surface area (Å²) in [7, 11) is 1.64. The van der Waals surface area contributed by atoms with Gasteiger partial charge in [0, 0.05) is 13.6 Å². The average Bonchev–Trinajstić information content (AvgIpc) is 2.28. The smallest absolute Gasteiger partial charge is 0.239 e. The molecule has 0 atom stereocenters. The van der Waals surface area contributed by atoms with Crippen LogP contribution in [0.15, 0.2) is 18.2 Å². The number of rotatable bonds is 5. The van der Waals surface area contributed by atoms with Gasteiger partial charge < -0.3 is 10.2 Å². The highest BCUT2D eigenvalue weighted by Gasteiger charge is 2.13. The maximum absolute atomic E-state index is 13.3. The van der Waals surface area contributed by atoms with Gasteiger partial charge in [-0.2, -0.15) is 0 Å². The van der Waals surface area contributed by atoms with E-state index in [-0.39, 0.29) is 18.0 Å². The minimum absolute atomic E-state index is 0.0284. The Morgan fingerprint density at radius 2 is 2.24 bits per heavy atom. The molecule has 0 saturated carbocycles. The van der Waals surface area contributed by atoms with Crippen LogP contribution in [0.3, 0.4) is 0 Å². The van der Waals surface area contributed by atoms with Gasteiger partial charge in [0.15, 0.2) is 6.29 Å². The maximum atomic E-state index is 13.3. The van der Waals surface area contributed by atoms with Crippen LogP contribution < -0.4 is 10.2 Å². The normalized spacial score (nSPS) is 9.82. The molecule has 1 amide bonds. The van der Waals surface area contributed by atoms with Crippen molar-refractivity contribution in [3.8, 4) is 0 Å². The van der Waals surface area contributed by atoms with Crippen molar-refractivity contribution in [1.82, 2.24) is 5.32 Å². The zero-order valence-electron chi connectivity index (χ0n) is 9.87. The first kappa shape index (κ1) is 13.2. The van der Waals surface area contributed by atoms with Gasteiger partial charge in [0.25, 0.3) is 0 Å². The van der Waals surface area contributed by atoms with E-state index in [0.717, 1.165) is 0 Å². The highest BCUT2D eigenvalue weighted by molar-refractivity contribution is 5.87. The third-order valence-electron chi connectivity index (χ3n) is 2.31. The number of hydrogen-bond acceptors (Lipinski definition) is 3. The minimum atomic E-state index is -0.583. The maximum Gasteiger partial charge on any atom is 0.239 e. The summed E-state index contributed by atoms with van der Waals surface area (Å²) >= 11 is 0. The molecular weight excluding hydrogens is 223 g/mol. The molecule has 0 unspecified atom stereocenters. The molecule has 0 fully saturated rings. The van der Waals surface area contributed by atoms with Crippen molar-refractivity contribution < 1.29 is 14.0 Å². The first-order valence-electron chi connectivity index (χ1n) is 5.31. The van der Waals surface area contributed by atoms with E-state index in [9.17, 15) is 14.0 Å². The quantitative estimate of drug-likeness (QED) is 0.784. The lowest BCUT2D eigenvalue weighted by molar-refractivity contribution is -0.119. The van der Waals surface area contributed by atoms with E-state index in [0.29, 0.717) is 18.5 Å². The molecule has 0 aliphatic carbocycles. The number of anilines is 1. The van der Waals surface area contributed by atoms with Gasteiger partial charge in [0.1, 0.15) is 5.82 Å². The van der Waals surface area contributed by atoms with Crippen molar-refractivity contribution in [3.63, 3.8) is 0 Å². The third-order valence-corrected chi connectivity index (χ3v) is 2.31. The first-order valence-corrected chi connectivity index (χ1v) is 5.31. The van der Waals surface area contributed by atoms with Gasteiger partial charge in [-0.05, 0) is 19.1 Å². The van der Waals surface area contributed by atoms with Crippen molar-refractivity contribution >= 4 is 17.9 Å². The molecule has 0 aromatic heterocycles. The van der Waals surface area contributed by atoms with Crippen molar-refractivity contribution in [1.29, 1.82) is 0 Å². The molecule has 17 heavy (non-hydrogen) atoms. The lowest BCUT2D eigenvalue weighted by Gasteiger charge is -2.20. The molecule has 1 N–H and O–H groups in total. The summed E-state index contributed by atoms with van der Waals surface area (Å²) in [5.74, 6) is -0.753. The summed E-state index contributed by atoms with van der Waals surface area (Å²) in [5.41, 5.74) is 0.380. The molecule has 4 nitrogen and oxygen atoms in total. The van der Waals surface area contributed by atoms with Crippen LogP contribution in [0.2, 0.25) is 0 Å². The monoisotopic (exact) mass is 238 g/mol. The van der Waals surface area contributed by atoms with Crippen LogP contribution in [0.5, 0.6) is 0 Å². The summed E-state index contributed by atoms with van der Waals surface area (Å²) in [5, 5.41) is 2.64. The highest BCUT2D eigenvalue weighted by atomic mass is 19.1. The summed E-state index contributed by atoms with van der Waals surface area (Å²) < 4.78 is 13.3. The molecule has 0 heterocycles. The molecule has 0 aliphatic heterocycles. The van der Waals surface area contributed by atoms with E-state index < -0.39 is 5.82 Å². The van der Waals surface area contributed by atoms with Crippen molar-refractivity contribution in [2.75, 3.05) is 25.0 Å². The zero-order chi connectivity index (χ0) is 12.8. The van der Waals surface area contributed by atoms with E-state index in [1.165, 1.54) is 17.0 Å². The Morgan fingerprint density at radius 3 is 2.82 bits per heavy atom. The van der Waals surface area contributed by atoms with Gasteiger partial charge in [0.2, 0.25) is 5.91 Å².